The number of benzene rings is 2. The monoisotopic (exact) mass is 272 g/mol. The molecule has 2 aromatic carbocycles. The van der Waals surface area contributed by atoms with Crippen LogP contribution in [0.2, 0.25) is 0 Å². The second-order valence-electron chi connectivity index (χ2n) is 4.44. The van der Waals surface area contributed by atoms with Gasteiger partial charge in [0, 0.05) is 12.5 Å². The number of nitrogens with zero attached hydrogens (tertiary/aromatic N) is 1. The van der Waals surface area contributed by atoms with E-state index in [4.69, 9.17) is 5.73 Å². The molecule has 1 heterocycles. The van der Waals surface area contributed by atoms with Gasteiger partial charge < -0.3 is 5.73 Å². The van der Waals surface area contributed by atoms with Crippen molar-refractivity contribution in [3.63, 3.8) is 0 Å². The summed E-state index contributed by atoms with van der Waals surface area (Å²) in [6.07, 6.45) is 0.628. The lowest BCUT2D eigenvalue weighted by molar-refractivity contribution is 0.618. The van der Waals surface area contributed by atoms with Crippen LogP contribution in [0.4, 0.5) is 4.39 Å². The molecule has 2 nitrogen and oxygen atoms in total. The molecule has 0 fully saturated rings. The lowest BCUT2D eigenvalue weighted by Crippen LogP contribution is -2.13. The van der Waals surface area contributed by atoms with E-state index in [-0.39, 0.29) is 11.9 Å². The summed E-state index contributed by atoms with van der Waals surface area (Å²) in [5.74, 6) is -0.253. The molecule has 0 aliphatic carbocycles. The highest BCUT2D eigenvalue weighted by atomic mass is 32.1. The van der Waals surface area contributed by atoms with E-state index in [9.17, 15) is 4.39 Å². The third-order valence-electron chi connectivity index (χ3n) is 3.01. The second kappa shape index (κ2) is 5.07. The molecule has 0 saturated heterocycles. The number of rotatable bonds is 3. The normalized spacial score (nSPS) is 12.7. The molecule has 19 heavy (non-hydrogen) atoms. The fraction of sp³-hybridized carbons (Fsp3) is 0.133. The summed E-state index contributed by atoms with van der Waals surface area (Å²) in [4.78, 5) is 4.55. The van der Waals surface area contributed by atoms with Gasteiger partial charge in [-0.15, -0.1) is 11.3 Å². The van der Waals surface area contributed by atoms with Gasteiger partial charge in [0.15, 0.2) is 0 Å². The van der Waals surface area contributed by atoms with Gasteiger partial charge in [-0.1, -0.05) is 24.3 Å². The highest BCUT2D eigenvalue weighted by Gasteiger charge is 2.11. The van der Waals surface area contributed by atoms with E-state index in [0.29, 0.717) is 6.42 Å². The largest absolute Gasteiger partial charge is 0.324 e. The average Bonchev–Trinajstić information content (AvgIpc) is 2.80. The van der Waals surface area contributed by atoms with Crippen molar-refractivity contribution in [3.8, 4) is 0 Å². The van der Waals surface area contributed by atoms with E-state index >= 15 is 0 Å². The van der Waals surface area contributed by atoms with Crippen LogP contribution in [0.1, 0.15) is 16.6 Å². The minimum Gasteiger partial charge on any atom is -0.324 e. The Hall–Kier alpha value is -1.78. The number of hydrogen-bond donors (Lipinski definition) is 1. The van der Waals surface area contributed by atoms with Gasteiger partial charge in [-0.05, 0) is 29.8 Å². The minimum atomic E-state index is -0.253. The first-order chi connectivity index (χ1) is 9.22. The molecule has 4 heteroatoms. The Balaban J connectivity index is 1.84. The summed E-state index contributed by atoms with van der Waals surface area (Å²) in [7, 11) is 0. The van der Waals surface area contributed by atoms with Gasteiger partial charge in [-0.25, -0.2) is 9.37 Å². The van der Waals surface area contributed by atoms with Crippen LogP contribution in [0, 0.1) is 5.82 Å². The molecular weight excluding hydrogens is 259 g/mol. The number of fused-ring (bicyclic) bond motifs is 1. The average molecular weight is 272 g/mol. The van der Waals surface area contributed by atoms with Crippen molar-refractivity contribution in [2.75, 3.05) is 0 Å². The summed E-state index contributed by atoms with van der Waals surface area (Å²) >= 11 is 1.64. The Kier molecular flexibility index (Phi) is 3.27. The maximum absolute atomic E-state index is 13.2. The van der Waals surface area contributed by atoms with Gasteiger partial charge in [0.2, 0.25) is 0 Å². The van der Waals surface area contributed by atoms with E-state index in [1.807, 2.05) is 30.3 Å². The van der Waals surface area contributed by atoms with Crippen LogP contribution in [-0.2, 0) is 6.42 Å². The van der Waals surface area contributed by atoms with Gasteiger partial charge >= 0.3 is 0 Å². The van der Waals surface area contributed by atoms with E-state index < -0.39 is 0 Å². The van der Waals surface area contributed by atoms with Crippen LogP contribution in [0.15, 0.2) is 48.5 Å². The molecule has 0 saturated carbocycles. The molecule has 0 amide bonds. The zero-order valence-corrected chi connectivity index (χ0v) is 11.0. The first kappa shape index (κ1) is 12.3. The van der Waals surface area contributed by atoms with E-state index in [0.717, 1.165) is 20.8 Å². The molecule has 1 unspecified atom stereocenters. The smallest absolute Gasteiger partial charge is 0.123 e. The number of hydrogen-bond acceptors (Lipinski definition) is 3. The summed E-state index contributed by atoms with van der Waals surface area (Å²) in [6, 6.07) is 14.2. The van der Waals surface area contributed by atoms with Crippen molar-refractivity contribution in [3.05, 3.63) is 64.9 Å². The van der Waals surface area contributed by atoms with Crippen molar-refractivity contribution >= 4 is 21.6 Å². The lowest BCUT2D eigenvalue weighted by Gasteiger charge is -2.09. The number of para-hydroxylation sites is 1. The molecule has 0 spiro atoms. The van der Waals surface area contributed by atoms with Crippen molar-refractivity contribution in [1.82, 2.24) is 4.98 Å². The summed E-state index contributed by atoms with van der Waals surface area (Å²) < 4.78 is 14.3. The van der Waals surface area contributed by atoms with Crippen LogP contribution < -0.4 is 5.73 Å². The van der Waals surface area contributed by atoms with Crippen LogP contribution in [-0.4, -0.2) is 4.98 Å². The topological polar surface area (TPSA) is 38.9 Å². The van der Waals surface area contributed by atoms with Gasteiger partial charge in [-0.3, -0.25) is 0 Å². The first-order valence-electron chi connectivity index (χ1n) is 6.08. The molecule has 96 valence electrons. The number of aromatic nitrogens is 1. The van der Waals surface area contributed by atoms with Crippen LogP contribution >= 0.6 is 11.3 Å². The summed E-state index contributed by atoms with van der Waals surface area (Å²) in [5.41, 5.74) is 7.92. The Morgan fingerprint density at radius 2 is 2.00 bits per heavy atom. The molecule has 0 bridgehead atoms. The lowest BCUT2D eigenvalue weighted by atomic mass is 10.1. The standard InChI is InChI=1S/C15H13FN2S/c16-11-5-3-4-10(8-11)12(17)9-15-18-13-6-1-2-7-14(13)19-15/h1-8,12H,9,17H2. The third kappa shape index (κ3) is 2.64. The first-order valence-corrected chi connectivity index (χ1v) is 6.89. The maximum Gasteiger partial charge on any atom is 0.123 e. The van der Waals surface area contributed by atoms with Crippen LogP contribution in [0.3, 0.4) is 0 Å². The minimum absolute atomic E-state index is 0.226. The SMILES string of the molecule is NC(Cc1nc2ccccc2s1)c1cccc(F)c1. The van der Waals surface area contributed by atoms with Crippen LogP contribution in [0.25, 0.3) is 10.2 Å². The molecule has 3 aromatic rings. The molecule has 0 aliphatic heterocycles. The number of thiazole rings is 1. The highest BCUT2D eigenvalue weighted by molar-refractivity contribution is 7.18. The summed E-state index contributed by atoms with van der Waals surface area (Å²) in [6.45, 7) is 0. The van der Waals surface area contributed by atoms with Gasteiger partial charge in [-0.2, -0.15) is 0 Å². The molecule has 1 aromatic heterocycles. The quantitative estimate of drug-likeness (QED) is 0.790. The maximum atomic E-state index is 13.2. The predicted molar refractivity (Wildman–Crippen MR) is 76.7 cm³/mol. The number of nitrogens with two attached hydrogens (primary N) is 1. The number of halogens is 1. The predicted octanol–water partition coefficient (Wildman–Crippen LogP) is 3.68. The molecule has 2 N–H and O–H groups in total. The fourth-order valence-corrected chi connectivity index (χ4v) is 3.08. The fourth-order valence-electron chi connectivity index (χ4n) is 2.05. The van der Waals surface area contributed by atoms with Gasteiger partial charge in [0.05, 0.1) is 15.2 Å². The second-order valence-corrected chi connectivity index (χ2v) is 5.56. The van der Waals surface area contributed by atoms with E-state index in [1.54, 1.807) is 17.4 Å². The molecule has 0 aliphatic rings. The molecule has 1 atom stereocenters. The van der Waals surface area contributed by atoms with E-state index in [2.05, 4.69) is 4.98 Å². The van der Waals surface area contributed by atoms with Crippen LogP contribution in [0.5, 0.6) is 0 Å². The van der Waals surface area contributed by atoms with Crippen molar-refractivity contribution in [2.24, 2.45) is 5.73 Å². The Morgan fingerprint density at radius 3 is 2.79 bits per heavy atom. The van der Waals surface area contributed by atoms with Crippen molar-refractivity contribution < 1.29 is 4.39 Å². The molecule has 3 rings (SSSR count). The zero-order valence-electron chi connectivity index (χ0n) is 10.2. The molecular formula is C15H13FN2S. The zero-order chi connectivity index (χ0) is 13.2. The Labute approximate surface area is 114 Å². The van der Waals surface area contributed by atoms with Gasteiger partial charge in [0.25, 0.3) is 0 Å². The Morgan fingerprint density at radius 1 is 1.16 bits per heavy atom. The Bertz CT molecular complexity index is 675. The molecule has 0 radical (unpaired) electrons. The highest BCUT2D eigenvalue weighted by Crippen LogP contribution is 2.25. The third-order valence-corrected chi connectivity index (χ3v) is 4.07. The van der Waals surface area contributed by atoms with Gasteiger partial charge in [0.1, 0.15) is 5.82 Å². The van der Waals surface area contributed by atoms with Crippen molar-refractivity contribution in [2.45, 2.75) is 12.5 Å². The summed E-state index contributed by atoms with van der Waals surface area (Å²) in [5, 5.41) is 0.984. The van der Waals surface area contributed by atoms with E-state index in [1.165, 1.54) is 12.1 Å². The van der Waals surface area contributed by atoms with Crippen molar-refractivity contribution in [1.29, 1.82) is 0 Å².